The van der Waals surface area contributed by atoms with Gasteiger partial charge in [0.15, 0.2) is 0 Å². The van der Waals surface area contributed by atoms with E-state index in [1.807, 2.05) is 60.7 Å². The van der Waals surface area contributed by atoms with Crippen LogP contribution in [0.4, 0.5) is 11.4 Å². The summed E-state index contributed by atoms with van der Waals surface area (Å²) in [4.78, 5) is 0. The number of aliphatic hydroxyl groups is 2. The molecule has 2 rings (SSSR count). The summed E-state index contributed by atoms with van der Waals surface area (Å²) in [5, 5.41) is 24.9. The third-order valence-electron chi connectivity index (χ3n) is 3.01. The molecule has 0 fully saturated rings. The molecule has 0 aliphatic heterocycles. The highest BCUT2D eigenvalue weighted by Crippen LogP contribution is 2.16. The van der Waals surface area contributed by atoms with Gasteiger partial charge in [0.25, 0.3) is 0 Å². The van der Waals surface area contributed by atoms with Crippen LogP contribution in [0, 0.1) is 0 Å². The van der Waals surface area contributed by atoms with Crippen molar-refractivity contribution in [2.75, 3.05) is 52.9 Å². The molecule has 0 radical (unpaired) electrons. The van der Waals surface area contributed by atoms with Gasteiger partial charge in [-0.25, -0.2) is 0 Å². The normalized spacial score (nSPS) is 10.6. The second-order valence-electron chi connectivity index (χ2n) is 5.16. The molecule has 0 aromatic heterocycles. The molecule has 148 valence electrons. The van der Waals surface area contributed by atoms with Crippen molar-refractivity contribution in [1.29, 1.82) is 0 Å². The van der Waals surface area contributed by atoms with E-state index in [1.54, 1.807) is 0 Å². The average molecular weight is 376 g/mol. The van der Waals surface area contributed by atoms with Gasteiger partial charge in [-0.05, 0) is 24.3 Å². The van der Waals surface area contributed by atoms with Crippen LogP contribution in [0.1, 0.15) is 0 Å². The molecule has 0 saturated heterocycles. The average Bonchev–Trinajstić information content (AvgIpc) is 2.73. The molecule has 0 amide bonds. The highest BCUT2D eigenvalue weighted by atomic mass is 16.5. The first kappa shape index (κ1) is 22.9. The van der Waals surface area contributed by atoms with Crippen molar-refractivity contribution in [2.45, 2.75) is 0 Å². The molecule has 0 unspecified atom stereocenters. The summed E-state index contributed by atoms with van der Waals surface area (Å²) in [6.45, 7) is 2.76. The fourth-order valence-corrected chi connectivity index (χ4v) is 1.78. The predicted molar refractivity (Wildman–Crippen MR) is 104 cm³/mol. The zero-order valence-corrected chi connectivity index (χ0v) is 15.4. The summed E-state index contributed by atoms with van der Waals surface area (Å²) < 4.78 is 15.0. The van der Waals surface area contributed by atoms with E-state index in [0.29, 0.717) is 39.6 Å². The van der Waals surface area contributed by atoms with Gasteiger partial charge in [-0.3, -0.25) is 0 Å². The van der Waals surface area contributed by atoms with Gasteiger partial charge in [-0.15, -0.1) is 0 Å². The Morgan fingerprint density at radius 1 is 0.519 bits per heavy atom. The summed E-state index contributed by atoms with van der Waals surface area (Å²) in [6, 6.07) is 19.4. The molecule has 2 N–H and O–H groups in total. The van der Waals surface area contributed by atoms with Crippen molar-refractivity contribution >= 4 is 11.4 Å². The summed E-state index contributed by atoms with van der Waals surface area (Å²) >= 11 is 0. The third-order valence-corrected chi connectivity index (χ3v) is 3.01. The third kappa shape index (κ3) is 13.7. The predicted octanol–water partition coefficient (Wildman–Crippen LogP) is 3.12. The topological polar surface area (TPSA) is 92.9 Å². The Balaban J connectivity index is 0.000000271. The summed E-state index contributed by atoms with van der Waals surface area (Å²) in [5.74, 6) is 0. The zero-order chi connectivity index (χ0) is 19.4. The van der Waals surface area contributed by atoms with Gasteiger partial charge in [0.05, 0.1) is 64.2 Å². The molecule has 7 heteroatoms. The van der Waals surface area contributed by atoms with Crippen molar-refractivity contribution < 1.29 is 24.4 Å². The second-order valence-corrected chi connectivity index (χ2v) is 5.16. The van der Waals surface area contributed by atoms with E-state index in [-0.39, 0.29) is 13.2 Å². The number of aliphatic hydroxyl groups excluding tert-OH is 2. The minimum Gasteiger partial charge on any atom is -0.394 e. The van der Waals surface area contributed by atoms with Crippen molar-refractivity contribution in [3.05, 3.63) is 60.7 Å². The van der Waals surface area contributed by atoms with E-state index in [0.717, 1.165) is 11.4 Å². The van der Waals surface area contributed by atoms with Crippen LogP contribution in [-0.2, 0) is 14.2 Å². The molecule has 0 aliphatic rings. The lowest BCUT2D eigenvalue weighted by Gasteiger charge is -2.04. The molecule has 7 nitrogen and oxygen atoms in total. The Morgan fingerprint density at radius 3 is 1.19 bits per heavy atom. The van der Waals surface area contributed by atoms with Gasteiger partial charge < -0.3 is 24.4 Å². The van der Waals surface area contributed by atoms with Crippen LogP contribution in [0.25, 0.3) is 0 Å². The lowest BCUT2D eigenvalue weighted by Crippen LogP contribution is -2.11. The smallest absolute Gasteiger partial charge is 0.0857 e. The minimum absolute atomic E-state index is 0.0413. The molecule has 0 spiro atoms. The SMILES string of the molecule is OCCOCCOCCOCCO.c1ccc(N=Nc2ccccc2)cc1. The van der Waals surface area contributed by atoms with Crippen LogP contribution in [0.3, 0.4) is 0 Å². The van der Waals surface area contributed by atoms with E-state index < -0.39 is 0 Å². The molecule has 0 atom stereocenters. The number of hydrogen-bond acceptors (Lipinski definition) is 7. The van der Waals surface area contributed by atoms with Gasteiger partial charge in [-0.2, -0.15) is 10.2 Å². The Labute approximate surface area is 160 Å². The Morgan fingerprint density at radius 2 is 0.852 bits per heavy atom. The fraction of sp³-hybridized carbons (Fsp3) is 0.400. The van der Waals surface area contributed by atoms with Crippen LogP contribution in [-0.4, -0.2) is 63.1 Å². The van der Waals surface area contributed by atoms with Crippen molar-refractivity contribution in [1.82, 2.24) is 0 Å². The number of benzene rings is 2. The van der Waals surface area contributed by atoms with E-state index in [1.165, 1.54) is 0 Å². The largest absolute Gasteiger partial charge is 0.394 e. The molecule has 0 heterocycles. The van der Waals surface area contributed by atoms with Crippen LogP contribution in [0.15, 0.2) is 70.9 Å². The first-order valence-electron chi connectivity index (χ1n) is 8.83. The Kier molecular flexibility index (Phi) is 14.6. The number of rotatable bonds is 12. The monoisotopic (exact) mass is 376 g/mol. The quantitative estimate of drug-likeness (QED) is 0.438. The number of nitrogens with zero attached hydrogens (tertiary/aromatic N) is 2. The number of ether oxygens (including phenoxy) is 3. The Bertz CT molecular complexity index is 530. The van der Waals surface area contributed by atoms with Crippen LogP contribution >= 0.6 is 0 Å². The summed E-state index contributed by atoms with van der Waals surface area (Å²) in [7, 11) is 0. The maximum atomic E-state index is 8.36. The van der Waals surface area contributed by atoms with Gasteiger partial charge in [0.2, 0.25) is 0 Å². The lowest BCUT2D eigenvalue weighted by atomic mass is 10.3. The van der Waals surface area contributed by atoms with Gasteiger partial charge in [-0.1, -0.05) is 36.4 Å². The summed E-state index contributed by atoms with van der Waals surface area (Å²) in [5.41, 5.74) is 1.74. The van der Waals surface area contributed by atoms with Crippen molar-refractivity contribution in [2.24, 2.45) is 10.2 Å². The zero-order valence-electron chi connectivity index (χ0n) is 15.4. The number of hydrogen-bond donors (Lipinski definition) is 2. The maximum absolute atomic E-state index is 8.36. The van der Waals surface area contributed by atoms with Gasteiger partial charge in [0.1, 0.15) is 0 Å². The number of azo groups is 1. The highest BCUT2D eigenvalue weighted by Gasteiger charge is 1.90. The fourth-order valence-electron chi connectivity index (χ4n) is 1.78. The lowest BCUT2D eigenvalue weighted by molar-refractivity contribution is 0.00230. The van der Waals surface area contributed by atoms with Gasteiger partial charge in [0, 0.05) is 0 Å². The standard InChI is InChI=1S/C12H10N2.C8H18O5/c1-3-7-11(8-4-1)13-14-12-9-5-2-6-10-12;9-1-3-11-5-7-13-8-6-12-4-2-10/h1-10H;9-10H,1-8H2. The van der Waals surface area contributed by atoms with Crippen LogP contribution in [0.2, 0.25) is 0 Å². The molecule has 2 aromatic carbocycles. The molecule has 0 bridgehead atoms. The van der Waals surface area contributed by atoms with Crippen molar-refractivity contribution in [3.63, 3.8) is 0 Å². The van der Waals surface area contributed by atoms with E-state index in [9.17, 15) is 0 Å². The van der Waals surface area contributed by atoms with E-state index in [2.05, 4.69) is 10.2 Å². The molecule has 2 aromatic rings. The molecular formula is C20H28N2O5. The van der Waals surface area contributed by atoms with Crippen LogP contribution in [0.5, 0.6) is 0 Å². The van der Waals surface area contributed by atoms with E-state index >= 15 is 0 Å². The first-order valence-corrected chi connectivity index (χ1v) is 8.83. The minimum atomic E-state index is 0.0413. The second kappa shape index (κ2) is 17.3. The summed E-state index contributed by atoms with van der Waals surface area (Å²) in [6.07, 6.45) is 0. The maximum Gasteiger partial charge on any atom is 0.0857 e. The molecule has 0 aliphatic carbocycles. The first-order chi connectivity index (χ1) is 13.4. The highest BCUT2D eigenvalue weighted by molar-refractivity contribution is 5.39. The van der Waals surface area contributed by atoms with Crippen LogP contribution < -0.4 is 0 Å². The van der Waals surface area contributed by atoms with Crippen molar-refractivity contribution in [3.8, 4) is 0 Å². The van der Waals surface area contributed by atoms with E-state index in [4.69, 9.17) is 24.4 Å². The molecule has 27 heavy (non-hydrogen) atoms. The van der Waals surface area contributed by atoms with Gasteiger partial charge >= 0.3 is 0 Å². The molecular weight excluding hydrogens is 348 g/mol. The molecule has 0 saturated carbocycles. The Hall–Kier alpha value is -2.16.